The van der Waals surface area contributed by atoms with Gasteiger partial charge in [0.05, 0.1) is 16.9 Å². The molecule has 1 rings (SSSR count). The molecule has 5 heteroatoms. The molecule has 0 atom stereocenters. The second-order valence-corrected chi connectivity index (χ2v) is 5.75. The Bertz CT molecular complexity index is 457. The van der Waals surface area contributed by atoms with Gasteiger partial charge < -0.3 is 21.3 Å². The van der Waals surface area contributed by atoms with E-state index in [4.69, 9.17) is 11.5 Å². The Hall–Kier alpha value is -1.75. The van der Waals surface area contributed by atoms with Gasteiger partial charge in [-0.2, -0.15) is 0 Å². The molecule has 20 heavy (non-hydrogen) atoms. The largest absolute Gasteiger partial charge is 0.397 e. The van der Waals surface area contributed by atoms with Gasteiger partial charge in [-0.3, -0.25) is 4.79 Å². The molecule has 1 aromatic rings. The number of likely N-dealkylation sites (N-methyl/N-ethyl adjacent to an activating group) is 1. The van der Waals surface area contributed by atoms with Crippen LogP contribution in [-0.2, 0) is 0 Å². The first-order valence-corrected chi connectivity index (χ1v) is 6.91. The van der Waals surface area contributed by atoms with E-state index in [1.54, 1.807) is 12.1 Å². The standard InChI is InChI=1S/C15H26N4O/c1-11(2)10-19(9-8-18(3)4)14-12(15(17)20)6-5-7-13(14)16/h5-7,11H,8-10,16H2,1-4H3,(H2,17,20). The number of benzene rings is 1. The lowest BCUT2D eigenvalue weighted by atomic mass is 10.1. The molecule has 0 aliphatic heterocycles. The van der Waals surface area contributed by atoms with E-state index in [2.05, 4.69) is 23.6 Å². The molecule has 1 aromatic carbocycles. The lowest BCUT2D eigenvalue weighted by Crippen LogP contribution is -2.36. The first-order valence-electron chi connectivity index (χ1n) is 6.91. The Kier molecular flexibility index (Phi) is 5.82. The predicted octanol–water partition coefficient (Wildman–Crippen LogP) is 1.39. The van der Waals surface area contributed by atoms with E-state index >= 15 is 0 Å². The lowest BCUT2D eigenvalue weighted by Gasteiger charge is -2.30. The number of nitrogen functional groups attached to an aromatic ring is 1. The summed E-state index contributed by atoms with van der Waals surface area (Å²) >= 11 is 0. The van der Waals surface area contributed by atoms with Crippen LogP contribution in [0.1, 0.15) is 24.2 Å². The first-order chi connectivity index (χ1) is 9.32. The van der Waals surface area contributed by atoms with E-state index < -0.39 is 5.91 Å². The van der Waals surface area contributed by atoms with Crippen LogP contribution in [-0.4, -0.2) is 44.5 Å². The minimum atomic E-state index is -0.439. The molecule has 0 fully saturated rings. The number of rotatable bonds is 7. The molecule has 4 N–H and O–H groups in total. The van der Waals surface area contributed by atoms with Crippen molar-refractivity contribution in [3.63, 3.8) is 0 Å². The number of anilines is 2. The molecule has 0 saturated heterocycles. The molecule has 0 heterocycles. The molecular weight excluding hydrogens is 252 g/mol. The van der Waals surface area contributed by atoms with Crippen LogP contribution in [0.5, 0.6) is 0 Å². The van der Waals surface area contributed by atoms with Crippen LogP contribution in [0.15, 0.2) is 18.2 Å². The number of hydrogen-bond acceptors (Lipinski definition) is 4. The minimum Gasteiger partial charge on any atom is -0.397 e. The maximum atomic E-state index is 11.6. The summed E-state index contributed by atoms with van der Waals surface area (Å²) in [7, 11) is 4.05. The van der Waals surface area contributed by atoms with Crippen molar-refractivity contribution < 1.29 is 4.79 Å². The van der Waals surface area contributed by atoms with Gasteiger partial charge in [-0.05, 0) is 32.1 Å². The number of carbonyl (C=O) groups is 1. The normalized spacial score (nSPS) is 11.1. The van der Waals surface area contributed by atoms with Crippen LogP contribution in [0.25, 0.3) is 0 Å². The maximum absolute atomic E-state index is 11.6. The van der Waals surface area contributed by atoms with E-state index in [0.29, 0.717) is 17.2 Å². The van der Waals surface area contributed by atoms with Gasteiger partial charge >= 0.3 is 0 Å². The minimum absolute atomic E-state index is 0.439. The van der Waals surface area contributed by atoms with Gasteiger partial charge in [0.2, 0.25) is 0 Å². The van der Waals surface area contributed by atoms with E-state index in [1.165, 1.54) is 0 Å². The number of nitrogens with zero attached hydrogens (tertiary/aromatic N) is 2. The number of carbonyl (C=O) groups excluding carboxylic acids is 1. The highest BCUT2D eigenvalue weighted by Crippen LogP contribution is 2.28. The van der Waals surface area contributed by atoms with Gasteiger partial charge in [0.15, 0.2) is 0 Å². The maximum Gasteiger partial charge on any atom is 0.250 e. The number of amides is 1. The third kappa shape index (κ3) is 4.42. The van der Waals surface area contributed by atoms with Crippen LogP contribution in [0.2, 0.25) is 0 Å². The molecule has 1 amide bonds. The average Bonchev–Trinajstić information content (AvgIpc) is 2.33. The van der Waals surface area contributed by atoms with Gasteiger partial charge in [0, 0.05) is 19.6 Å². The molecule has 0 saturated carbocycles. The lowest BCUT2D eigenvalue weighted by molar-refractivity contribution is 0.100. The Morgan fingerprint density at radius 2 is 1.90 bits per heavy atom. The van der Waals surface area contributed by atoms with Crippen molar-refractivity contribution in [1.29, 1.82) is 0 Å². The Balaban J connectivity index is 3.14. The van der Waals surface area contributed by atoms with Gasteiger partial charge in [0.1, 0.15) is 0 Å². The SMILES string of the molecule is CC(C)CN(CCN(C)C)c1c(N)cccc1C(N)=O. The molecule has 0 radical (unpaired) electrons. The van der Waals surface area contributed by atoms with Gasteiger partial charge in [-0.15, -0.1) is 0 Å². The Morgan fingerprint density at radius 1 is 1.25 bits per heavy atom. The van der Waals surface area contributed by atoms with E-state index in [9.17, 15) is 4.79 Å². The van der Waals surface area contributed by atoms with Gasteiger partial charge in [0.25, 0.3) is 5.91 Å². The van der Waals surface area contributed by atoms with Crippen LogP contribution >= 0.6 is 0 Å². The fourth-order valence-electron chi connectivity index (χ4n) is 2.17. The summed E-state index contributed by atoms with van der Waals surface area (Å²) in [5.41, 5.74) is 13.4. The van der Waals surface area contributed by atoms with E-state index in [-0.39, 0.29) is 0 Å². The Labute approximate surface area is 121 Å². The summed E-state index contributed by atoms with van der Waals surface area (Å²) in [5, 5.41) is 0. The fraction of sp³-hybridized carbons (Fsp3) is 0.533. The van der Waals surface area contributed by atoms with Crippen molar-refractivity contribution in [1.82, 2.24) is 4.90 Å². The molecule has 5 nitrogen and oxygen atoms in total. The molecule has 0 bridgehead atoms. The number of nitrogens with two attached hydrogens (primary N) is 2. The molecule has 0 spiro atoms. The number of hydrogen-bond donors (Lipinski definition) is 2. The second kappa shape index (κ2) is 7.14. The fourth-order valence-corrected chi connectivity index (χ4v) is 2.17. The van der Waals surface area contributed by atoms with Crippen molar-refractivity contribution in [3.8, 4) is 0 Å². The second-order valence-electron chi connectivity index (χ2n) is 5.75. The third-order valence-electron chi connectivity index (χ3n) is 3.05. The van der Waals surface area contributed by atoms with E-state index in [0.717, 1.165) is 25.3 Å². The Morgan fingerprint density at radius 3 is 2.40 bits per heavy atom. The van der Waals surface area contributed by atoms with Gasteiger partial charge in [-0.25, -0.2) is 0 Å². The molecule has 0 aliphatic carbocycles. The zero-order valence-corrected chi connectivity index (χ0v) is 12.9. The zero-order valence-electron chi connectivity index (χ0n) is 12.9. The summed E-state index contributed by atoms with van der Waals surface area (Å²) in [5.74, 6) is 0.0309. The van der Waals surface area contributed by atoms with Crippen LogP contribution in [0.4, 0.5) is 11.4 Å². The molecular formula is C15H26N4O. The summed E-state index contributed by atoms with van der Waals surface area (Å²) in [6, 6.07) is 5.31. The van der Waals surface area contributed by atoms with Crippen LogP contribution in [0, 0.1) is 5.92 Å². The summed E-state index contributed by atoms with van der Waals surface area (Å²) in [4.78, 5) is 15.9. The van der Waals surface area contributed by atoms with Crippen LogP contribution in [0.3, 0.4) is 0 Å². The molecule has 0 aliphatic rings. The topological polar surface area (TPSA) is 75.6 Å². The molecule has 112 valence electrons. The quantitative estimate of drug-likeness (QED) is 0.739. The zero-order chi connectivity index (χ0) is 15.3. The van der Waals surface area contributed by atoms with Crippen molar-refractivity contribution in [3.05, 3.63) is 23.8 Å². The number of primary amides is 1. The third-order valence-corrected chi connectivity index (χ3v) is 3.05. The highest BCUT2D eigenvalue weighted by atomic mass is 16.1. The van der Waals surface area contributed by atoms with Crippen molar-refractivity contribution in [2.75, 3.05) is 44.4 Å². The van der Waals surface area contributed by atoms with Crippen molar-refractivity contribution in [2.24, 2.45) is 11.7 Å². The van der Waals surface area contributed by atoms with Crippen molar-refractivity contribution in [2.45, 2.75) is 13.8 Å². The first kappa shape index (κ1) is 16.3. The van der Waals surface area contributed by atoms with E-state index in [1.807, 2.05) is 20.2 Å². The predicted molar refractivity (Wildman–Crippen MR) is 85.0 cm³/mol. The summed E-state index contributed by atoms with van der Waals surface area (Å²) in [6.07, 6.45) is 0. The number of para-hydroxylation sites is 1. The van der Waals surface area contributed by atoms with Crippen LogP contribution < -0.4 is 16.4 Å². The average molecular weight is 278 g/mol. The smallest absolute Gasteiger partial charge is 0.250 e. The monoisotopic (exact) mass is 278 g/mol. The summed E-state index contributed by atoms with van der Waals surface area (Å²) in [6.45, 7) is 6.82. The van der Waals surface area contributed by atoms with Gasteiger partial charge in [-0.1, -0.05) is 19.9 Å². The molecule has 0 unspecified atom stereocenters. The highest BCUT2D eigenvalue weighted by molar-refractivity contribution is 6.01. The summed E-state index contributed by atoms with van der Waals surface area (Å²) < 4.78 is 0. The molecule has 0 aromatic heterocycles. The van der Waals surface area contributed by atoms with Crippen molar-refractivity contribution >= 4 is 17.3 Å². The highest BCUT2D eigenvalue weighted by Gasteiger charge is 2.18.